The highest BCUT2D eigenvalue weighted by Gasteiger charge is 2.32. The first-order valence-corrected chi connectivity index (χ1v) is 8.24. The van der Waals surface area contributed by atoms with Crippen LogP contribution in [0.1, 0.15) is 74.1 Å². The molecule has 0 bridgehead atoms. The molecule has 0 aromatic rings. The molecule has 0 radical (unpaired) electrons. The standard InChI is InChI=1S/C18H34O3/c1-8-11-13-14(4)20-17(18(5,6)7)21-16(19)15(10-3)12-9-2/h9,12,14-15,17H,8,10-11,13H2,1-7H3/b12-9-. The Balaban J connectivity index is 4.74. The summed E-state index contributed by atoms with van der Waals surface area (Å²) >= 11 is 0. The average molecular weight is 298 g/mol. The molecule has 21 heavy (non-hydrogen) atoms. The molecule has 3 unspecified atom stereocenters. The number of hydrogen-bond donors (Lipinski definition) is 0. The Kier molecular flexibility index (Phi) is 9.60. The Morgan fingerprint density at radius 1 is 1.24 bits per heavy atom. The minimum atomic E-state index is -0.504. The van der Waals surface area contributed by atoms with Crippen LogP contribution in [-0.4, -0.2) is 18.4 Å². The van der Waals surface area contributed by atoms with Crippen LogP contribution in [-0.2, 0) is 14.3 Å². The van der Waals surface area contributed by atoms with E-state index in [1.54, 1.807) is 0 Å². The van der Waals surface area contributed by atoms with Gasteiger partial charge in [-0.3, -0.25) is 4.79 Å². The first kappa shape index (κ1) is 20.2. The van der Waals surface area contributed by atoms with Crippen molar-refractivity contribution in [2.75, 3.05) is 0 Å². The van der Waals surface area contributed by atoms with Crippen molar-refractivity contribution in [3.05, 3.63) is 12.2 Å². The predicted octanol–water partition coefficient (Wildman–Crippen LogP) is 5.10. The third kappa shape index (κ3) is 8.25. The third-order valence-electron chi connectivity index (χ3n) is 3.42. The molecule has 0 amide bonds. The highest BCUT2D eigenvalue weighted by atomic mass is 16.7. The first-order valence-electron chi connectivity index (χ1n) is 8.24. The summed E-state index contributed by atoms with van der Waals surface area (Å²) in [6, 6.07) is 0. The van der Waals surface area contributed by atoms with Gasteiger partial charge < -0.3 is 9.47 Å². The minimum absolute atomic E-state index is 0.101. The van der Waals surface area contributed by atoms with E-state index in [0.717, 1.165) is 25.7 Å². The van der Waals surface area contributed by atoms with Crippen molar-refractivity contribution in [1.82, 2.24) is 0 Å². The molecular weight excluding hydrogens is 264 g/mol. The lowest BCUT2D eigenvalue weighted by molar-refractivity contribution is -0.219. The molecule has 0 aromatic heterocycles. The Morgan fingerprint density at radius 3 is 2.29 bits per heavy atom. The second kappa shape index (κ2) is 9.99. The number of carbonyl (C=O) groups excluding carboxylic acids is 1. The summed E-state index contributed by atoms with van der Waals surface area (Å²) in [6.45, 7) is 14.2. The third-order valence-corrected chi connectivity index (χ3v) is 3.42. The van der Waals surface area contributed by atoms with Gasteiger partial charge in [0.25, 0.3) is 0 Å². The molecule has 0 fully saturated rings. The highest BCUT2D eigenvalue weighted by molar-refractivity contribution is 5.74. The van der Waals surface area contributed by atoms with E-state index in [1.807, 2.05) is 53.7 Å². The normalized spacial score (nSPS) is 16.7. The van der Waals surface area contributed by atoms with Gasteiger partial charge in [-0.1, -0.05) is 59.6 Å². The molecule has 0 aliphatic heterocycles. The van der Waals surface area contributed by atoms with Crippen LogP contribution in [0.4, 0.5) is 0 Å². The monoisotopic (exact) mass is 298 g/mol. The second-order valence-corrected chi connectivity index (χ2v) is 6.76. The van der Waals surface area contributed by atoms with Crippen molar-refractivity contribution in [1.29, 1.82) is 0 Å². The van der Waals surface area contributed by atoms with Crippen molar-refractivity contribution in [2.45, 2.75) is 86.5 Å². The lowest BCUT2D eigenvalue weighted by Crippen LogP contribution is -2.38. The summed E-state index contributed by atoms with van der Waals surface area (Å²) in [5.41, 5.74) is -0.232. The van der Waals surface area contributed by atoms with Gasteiger partial charge in [-0.05, 0) is 26.7 Å². The van der Waals surface area contributed by atoms with Gasteiger partial charge in [-0.15, -0.1) is 0 Å². The Bertz CT molecular complexity index is 315. The quantitative estimate of drug-likeness (QED) is 0.337. The maximum atomic E-state index is 12.3. The van der Waals surface area contributed by atoms with E-state index in [4.69, 9.17) is 9.47 Å². The van der Waals surface area contributed by atoms with Crippen molar-refractivity contribution in [2.24, 2.45) is 11.3 Å². The zero-order valence-corrected chi connectivity index (χ0v) is 14.9. The smallest absolute Gasteiger partial charge is 0.315 e. The van der Waals surface area contributed by atoms with Crippen LogP contribution in [0.3, 0.4) is 0 Å². The van der Waals surface area contributed by atoms with E-state index in [2.05, 4.69) is 6.92 Å². The van der Waals surface area contributed by atoms with Crippen LogP contribution in [0.2, 0.25) is 0 Å². The van der Waals surface area contributed by atoms with Gasteiger partial charge in [0.15, 0.2) is 0 Å². The second-order valence-electron chi connectivity index (χ2n) is 6.76. The molecule has 0 N–H and O–H groups in total. The molecule has 3 heteroatoms. The molecule has 3 atom stereocenters. The Morgan fingerprint density at radius 2 is 1.86 bits per heavy atom. The zero-order valence-electron chi connectivity index (χ0n) is 14.9. The molecule has 0 saturated heterocycles. The Labute approximate surface area is 131 Å². The molecular formula is C18H34O3. The van der Waals surface area contributed by atoms with E-state index >= 15 is 0 Å². The molecule has 0 aliphatic rings. The number of rotatable bonds is 9. The molecule has 0 saturated carbocycles. The molecule has 124 valence electrons. The number of hydrogen-bond acceptors (Lipinski definition) is 3. The van der Waals surface area contributed by atoms with Crippen molar-refractivity contribution < 1.29 is 14.3 Å². The number of carbonyl (C=O) groups is 1. The summed E-state index contributed by atoms with van der Waals surface area (Å²) in [5, 5.41) is 0. The van der Waals surface area contributed by atoms with E-state index < -0.39 is 6.29 Å². The molecule has 0 aromatic carbocycles. The molecule has 0 rings (SSSR count). The van der Waals surface area contributed by atoms with Gasteiger partial charge in [0, 0.05) is 5.41 Å². The summed E-state index contributed by atoms with van der Waals surface area (Å²) in [4.78, 5) is 12.3. The summed E-state index contributed by atoms with van der Waals surface area (Å²) in [6.07, 6.45) is 7.39. The van der Waals surface area contributed by atoms with Crippen LogP contribution in [0.5, 0.6) is 0 Å². The first-order chi connectivity index (χ1) is 9.76. The van der Waals surface area contributed by atoms with Crippen molar-refractivity contribution in [3.8, 4) is 0 Å². The van der Waals surface area contributed by atoms with Gasteiger partial charge in [0.05, 0.1) is 12.0 Å². The fourth-order valence-corrected chi connectivity index (χ4v) is 1.99. The van der Waals surface area contributed by atoms with Crippen molar-refractivity contribution >= 4 is 5.97 Å². The molecule has 0 spiro atoms. The molecule has 3 nitrogen and oxygen atoms in total. The predicted molar refractivity (Wildman–Crippen MR) is 88.0 cm³/mol. The zero-order chi connectivity index (χ0) is 16.5. The van der Waals surface area contributed by atoms with Crippen LogP contribution in [0.25, 0.3) is 0 Å². The SMILES string of the molecule is C/C=C\C(CC)C(=O)OC(OC(C)CCCC)C(C)(C)C. The largest absolute Gasteiger partial charge is 0.435 e. The van der Waals surface area contributed by atoms with Gasteiger partial charge in [-0.25, -0.2) is 0 Å². The Hall–Kier alpha value is -0.830. The van der Waals surface area contributed by atoms with Crippen LogP contribution < -0.4 is 0 Å². The maximum Gasteiger partial charge on any atom is 0.315 e. The number of allylic oxidation sites excluding steroid dienone is 1. The molecule has 0 aliphatic carbocycles. The lowest BCUT2D eigenvalue weighted by Gasteiger charge is -2.33. The van der Waals surface area contributed by atoms with Gasteiger partial charge in [-0.2, -0.15) is 0 Å². The van der Waals surface area contributed by atoms with E-state index in [-0.39, 0.29) is 23.4 Å². The number of esters is 1. The molecule has 0 heterocycles. The van der Waals surface area contributed by atoms with Crippen molar-refractivity contribution in [3.63, 3.8) is 0 Å². The minimum Gasteiger partial charge on any atom is -0.435 e. The number of unbranched alkanes of at least 4 members (excludes halogenated alkanes) is 1. The van der Waals surface area contributed by atoms with Gasteiger partial charge in [0.2, 0.25) is 6.29 Å². The van der Waals surface area contributed by atoms with Gasteiger partial charge >= 0.3 is 5.97 Å². The summed E-state index contributed by atoms with van der Waals surface area (Å²) < 4.78 is 11.7. The topological polar surface area (TPSA) is 35.5 Å². The fourth-order valence-electron chi connectivity index (χ4n) is 1.99. The van der Waals surface area contributed by atoms with E-state index in [1.165, 1.54) is 0 Å². The van der Waals surface area contributed by atoms with Gasteiger partial charge in [0.1, 0.15) is 0 Å². The maximum absolute atomic E-state index is 12.3. The van der Waals surface area contributed by atoms with Crippen LogP contribution >= 0.6 is 0 Å². The summed E-state index contributed by atoms with van der Waals surface area (Å²) in [5.74, 6) is -0.382. The lowest BCUT2D eigenvalue weighted by atomic mass is 9.95. The highest BCUT2D eigenvalue weighted by Crippen LogP contribution is 2.27. The number of ether oxygens (including phenoxy) is 2. The van der Waals surface area contributed by atoms with Crippen LogP contribution in [0.15, 0.2) is 12.2 Å². The van der Waals surface area contributed by atoms with Crippen LogP contribution in [0, 0.1) is 11.3 Å². The average Bonchev–Trinajstić information content (AvgIpc) is 2.40. The summed E-state index contributed by atoms with van der Waals surface area (Å²) in [7, 11) is 0. The van der Waals surface area contributed by atoms with E-state index in [0.29, 0.717) is 0 Å². The fraction of sp³-hybridized carbons (Fsp3) is 0.833. The van der Waals surface area contributed by atoms with E-state index in [9.17, 15) is 4.79 Å².